The zero-order valence-corrected chi connectivity index (χ0v) is 14.3. The van der Waals surface area contributed by atoms with Gasteiger partial charge in [-0.1, -0.05) is 42.1 Å². The molecule has 6 nitrogen and oxygen atoms in total. The number of aromatic nitrogens is 3. The summed E-state index contributed by atoms with van der Waals surface area (Å²) in [6.45, 7) is 3.07. The van der Waals surface area contributed by atoms with Crippen LogP contribution in [-0.4, -0.2) is 39.6 Å². The van der Waals surface area contributed by atoms with E-state index < -0.39 is 0 Å². The zero-order chi connectivity index (χ0) is 16.7. The largest absolute Gasteiger partial charge is 0.468 e. The minimum atomic E-state index is -0.328. The average Bonchev–Trinajstić information content (AvgIpc) is 2.95. The third-order valence-electron chi connectivity index (χ3n) is 3.44. The van der Waals surface area contributed by atoms with Crippen molar-refractivity contribution in [2.45, 2.75) is 36.7 Å². The SMILES string of the molecule is COC(=O)C(C)Sc1nnc(CCN)n1CCc1ccccc1. The van der Waals surface area contributed by atoms with Crippen molar-refractivity contribution in [3.05, 3.63) is 41.7 Å². The van der Waals surface area contributed by atoms with Crippen LogP contribution in [0.25, 0.3) is 0 Å². The first-order chi connectivity index (χ1) is 11.2. The number of hydrogen-bond donors (Lipinski definition) is 1. The topological polar surface area (TPSA) is 83.0 Å². The summed E-state index contributed by atoms with van der Waals surface area (Å²) in [6, 6.07) is 10.2. The molecule has 2 aromatic rings. The van der Waals surface area contributed by atoms with E-state index in [0.717, 1.165) is 23.9 Å². The maximum absolute atomic E-state index is 11.6. The van der Waals surface area contributed by atoms with Crippen LogP contribution in [0.1, 0.15) is 18.3 Å². The standard InChI is InChI=1S/C16H22N4O2S/c1-12(15(21)22-2)23-16-19-18-14(8-10-17)20(16)11-9-13-6-4-3-5-7-13/h3-7,12H,8-11,17H2,1-2H3. The molecule has 2 rings (SSSR count). The maximum atomic E-state index is 11.6. The van der Waals surface area contributed by atoms with Crippen molar-refractivity contribution in [1.29, 1.82) is 0 Å². The van der Waals surface area contributed by atoms with Gasteiger partial charge in [-0.25, -0.2) is 0 Å². The second-order valence-corrected chi connectivity index (χ2v) is 6.42. The summed E-state index contributed by atoms with van der Waals surface area (Å²) in [7, 11) is 1.39. The van der Waals surface area contributed by atoms with Gasteiger partial charge in [0.15, 0.2) is 5.16 Å². The molecule has 1 unspecified atom stereocenters. The summed E-state index contributed by atoms with van der Waals surface area (Å²) in [5.41, 5.74) is 6.90. The lowest BCUT2D eigenvalue weighted by Gasteiger charge is -2.12. The monoisotopic (exact) mass is 334 g/mol. The number of rotatable bonds is 8. The number of carbonyl (C=O) groups excluding carboxylic acids is 1. The van der Waals surface area contributed by atoms with Gasteiger partial charge in [0, 0.05) is 13.0 Å². The van der Waals surface area contributed by atoms with Crippen LogP contribution in [0.3, 0.4) is 0 Å². The summed E-state index contributed by atoms with van der Waals surface area (Å²) >= 11 is 1.36. The van der Waals surface area contributed by atoms with Gasteiger partial charge in [-0.2, -0.15) is 0 Å². The third-order valence-corrected chi connectivity index (χ3v) is 4.50. The molecular formula is C16H22N4O2S. The van der Waals surface area contributed by atoms with Crippen LogP contribution >= 0.6 is 11.8 Å². The van der Waals surface area contributed by atoms with Gasteiger partial charge < -0.3 is 15.0 Å². The lowest BCUT2D eigenvalue weighted by Crippen LogP contribution is -2.17. The second kappa shape index (κ2) is 8.69. The smallest absolute Gasteiger partial charge is 0.318 e. The van der Waals surface area contributed by atoms with E-state index in [4.69, 9.17) is 10.5 Å². The highest BCUT2D eigenvalue weighted by Gasteiger charge is 2.20. The Balaban J connectivity index is 2.14. The van der Waals surface area contributed by atoms with Crippen molar-refractivity contribution in [2.75, 3.05) is 13.7 Å². The van der Waals surface area contributed by atoms with Crippen LogP contribution in [0.5, 0.6) is 0 Å². The van der Waals surface area contributed by atoms with E-state index >= 15 is 0 Å². The average molecular weight is 334 g/mol. The van der Waals surface area contributed by atoms with Crippen LogP contribution in [0.15, 0.2) is 35.5 Å². The van der Waals surface area contributed by atoms with E-state index in [0.29, 0.717) is 13.0 Å². The van der Waals surface area contributed by atoms with E-state index in [1.165, 1.54) is 24.4 Å². The summed E-state index contributed by atoms with van der Waals surface area (Å²) in [5, 5.41) is 8.83. The minimum Gasteiger partial charge on any atom is -0.468 e. The Morgan fingerprint density at radius 3 is 2.70 bits per heavy atom. The van der Waals surface area contributed by atoms with Gasteiger partial charge in [-0.05, 0) is 25.5 Å². The number of nitrogens with two attached hydrogens (primary N) is 1. The second-order valence-electron chi connectivity index (χ2n) is 5.11. The van der Waals surface area contributed by atoms with Crippen LogP contribution in [0.4, 0.5) is 0 Å². The van der Waals surface area contributed by atoms with Gasteiger partial charge >= 0.3 is 5.97 Å². The molecule has 2 N–H and O–H groups in total. The van der Waals surface area contributed by atoms with Gasteiger partial charge in [0.25, 0.3) is 0 Å². The number of ether oxygens (including phenoxy) is 1. The Kier molecular flexibility index (Phi) is 6.61. The van der Waals surface area contributed by atoms with Gasteiger partial charge in [-0.3, -0.25) is 4.79 Å². The van der Waals surface area contributed by atoms with E-state index in [-0.39, 0.29) is 11.2 Å². The first kappa shape index (κ1) is 17.5. The number of methoxy groups -OCH3 is 1. The first-order valence-electron chi connectivity index (χ1n) is 7.56. The summed E-state index contributed by atoms with van der Waals surface area (Å²) in [5.74, 6) is 0.580. The molecule has 0 aliphatic rings. The maximum Gasteiger partial charge on any atom is 0.318 e. The highest BCUT2D eigenvalue weighted by molar-refractivity contribution is 8.00. The number of benzene rings is 1. The fraction of sp³-hybridized carbons (Fsp3) is 0.438. The Hall–Kier alpha value is -1.86. The highest BCUT2D eigenvalue weighted by Crippen LogP contribution is 2.23. The lowest BCUT2D eigenvalue weighted by atomic mass is 10.1. The molecule has 23 heavy (non-hydrogen) atoms. The normalized spacial score (nSPS) is 12.1. The molecule has 0 bridgehead atoms. The number of thioether (sulfide) groups is 1. The molecular weight excluding hydrogens is 312 g/mol. The molecule has 0 aliphatic carbocycles. The number of carbonyl (C=O) groups is 1. The first-order valence-corrected chi connectivity index (χ1v) is 8.44. The van der Waals surface area contributed by atoms with Crippen LogP contribution in [0, 0.1) is 0 Å². The fourth-order valence-electron chi connectivity index (χ4n) is 2.20. The van der Waals surface area contributed by atoms with E-state index in [1.54, 1.807) is 6.92 Å². The number of esters is 1. The molecule has 0 saturated heterocycles. The van der Waals surface area contributed by atoms with Crippen molar-refractivity contribution < 1.29 is 9.53 Å². The van der Waals surface area contributed by atoms with Crippen LogP contribution in [-0.2, 0) is 28.9 Å². The Bertz CT molecular complexity index is 630. The van der Waals surface area contributed by atoms with E-state index in [2.05, 4.69) is 22.3 Å². The highest BCUT2D eigenvalue weighted by atomic mass is 32.2. The van der Waals surface area contributed by atoms with E-state index in [9.17, 15) is 4.79 Å². The molecule has 0 spiro atoms. The molecule has 0 aliphatic heterocycles. The molecule has 124 valence electrons. The van der Waals surface area contributed by atoms with Gasteiger partial charge in [0.2, 0.25) is 0 Å². The zero-order valence-electron chi connectivity index (χ0n) is 13.4. The van der Waals surface area contributed by atoms with Crippen molar-refractivity contribution in [2.24, 2.45) is 5.73 Å². The van der Waals surface area contributed by atoms with Crippen molar-refractivity contribution in [3.8, 4) is 0 Å². The summed E-state index contributed by atoms with van der Waals surface area (Å²) < 4.78 is 6.82. The molecule has 0 saturated carbocycles. The Labute approximate surface area is 140 Å². The summed E-state index contributed by atoms with van der Waals surface area (Å²) in [6.07, 6.45) is 1.53. The Morgan fingerprint density at radius 1 is 1.30 bits per heavy atom. The van der Waals surface area contributed by atoms with Crippen molar-refractivity contribution in [1.82, 2.24) is 14.8 Å². The summed E-state index contributed by atoms with van der Waals surface area (Å²) in [4.78, 5) is 11.6. The van der Waals surface area contributed by atoms with Gasteiger partial charge in [0.05, 0.1) is 7.11 Å². The molecule has 0 radical (unpaired) electrons. The van der Waals surface area contributed by atoms with Crippen LogP contribution < -0.4 is 5.73 Å². The molecule has 1 heterocycles. The number of nitrogens with zero attached hydrogens (tertiary/aromatic N) is 3. The molecule has 0 amide bonds. The van der Waals surface area contributed by atoms with Gasteiger partial charge in [-0.15, -0.1) is 10.2 Å². The van der Waals surface area contributed by atoms with Crippen molar-refractivity contribution >= 4 is 17.7 Å². The third kappa shape index (κ3) is 4.80. The van der Waals surface area contributed by atoms with E-state index in [1.807, 2.05) is 22.8 Å². The quantitative estimate of drug-likeness (QED) is 0.584. The number of hydrogen-bond acceptors (Lipinski definition) is 6. The minimum absolute atomic E-state index is 0.270. The van der Waals surface area contributed by atoms with Crippen LogP contribution in [0.2, 0.25) is 0 Å². The predicted octanol–water partition coefficient (Wildman–Crippen LogP) is 1.68. The molecule has 0 fully saturated rings. The predicted molar refractivity (Wildman–Crippen MR) is 90.3 cm³/mol. The van der Waals surface area contributed by atoms with Gasteiger partial charge in [0.1, 0.15) is 11.1 Å². The fourth-order valence-corrected chi connectivity index (χ4v) is 3.12. The molecule has 1 atom stereocenters. The van der Waals surface area contributed by atoms with Crippen molar-refractivity contribution in [3.63, 3.8) is 0 Å². The lowest BCUT2D eigenvalue weighted by molar-refractivity contribution is -0.139. The molecule has 1 aromatic heterocycles. The molecule has 1 aromatic carbocycles. The molecule has 7 heteroatoms. The Morgan fingerprint density at radius 2 is 2.04 bits per heavy atom. The number of aryl methyl sites for hydroxylation is 1.